The molecular formula is C15H22N8O2. The van der Waals surface area contributed by atoms with Gasteiger partial charge in [0.15, 0.2) is 6.67 Å². The van der Waals surface area contributed by atoms with E-state index >= 15 is 0 Å². The van der Waals surface area contributed by atoms with Crippen molar-refractivity contribution in [1.29, 1.82) is 0 Å². The highest BCUT2D eigenvalue weighted by Gasteiger charge is 2.15. The minimum atomic E-state index is -0.305. The first-order chi connectivity index (χ1) is 12.2. The van der Waals surface area contributed by atoms with Gasteiger partial charge in [-0.2, -0.15) is 5.11 Å². The van der Waals surface area contributed by atoms with Gasteiger partial charge in [0, 0.05) is 19.7 Å². The number of rotatable bonds is 6. The molecule has 4 N–H and O–H groups in total. The Labute approximate surface area is 146 Å². The molecule has 1 aliphatic rings. The van der Waals surface area contributed by atoms with E-state index in [1.54, 1.807) is 0 Å². The van der Waals surface area contributed by atoms with Crippen molar-refractivity contribution in [2.24, 2.45) is 42.0 Å². The zero-order valence-electron chi connectivity index (χ0n) is 14.3. The molecule has 10 heteroatoms. The fourth-order valence-electron chi connectivity index (χ4n) is 2.10. The zero-order chi connectivity index (χ0) is 18.5. The van der Waals surface area contributed by atoms with Gasteiger partial charge >= 0.3 is 0 Å². The number of hydrogen-bond acceptors (Lipinski definition) is 8. The van der Waals surface area contributed by atoms with Gasteiger partial charge in [0.2, 0.25) is 5.84 Å². The Bertz CT molecular complexity index is 667. The van der Waals surface area contributed by atoms with Crippen molar-refractivity contribution in [3.05, 3.63) is 16.6 Å². The average Bonchev–Trinajstić information content (AvgIpc) is 2.64. The maximum Gasteiger partial charge on any atom is 0.200 e. The van der Waals surface area contributed by atoms with Crippen LogP contribution in [-0.2, 0) is 4.84 Å². The molecule has 134 valence electrons. The van der Waals surface area contributed by atoms with E-state index in [2.05, 4.69) is 47.1 Å². The smallest absolute Gasteiger partial charge is 0.200 e. The van der Waals surface area contributed by atoms with Gasteiger partial charge in [-0.1, -0.05) is 11.8 Å². The summed E-state index contributed by atoms with van der Waals surface area (Å²) < 4.78 is 0. The third-order valence-corrected chi connectivity index (χ3v) is 3.24. The van der Waals surface area contributed by atoms with Crippen molar-refractivity contribution in [3.63, 3.8) is 0 Å². The number of nitrogens with zero attached hydrogens (tertiary/aromatic N) is 6. The molecule has 0 aromatic rings. The summed E-state index contributed by atoms with van der Waals surface area (Å²) in [5, 5.41) is 11.1. The number of aliphatic imine (C=N–C) groups is 3. The van der Waals surface area contributed by atoms with E-state index in [0.717, 1.165) is 24.8 Å². The number of hydrogen-bond donors (Lipinski definition) is 2. The monoisotopic (exact) mass is 346 g/mol. The third-order valence-electron chi connectivity index (χ3n) is 3.24. The van der Waals surface area contributed by atoms with Crippen LogP contribution < -0.4 is 11.6 Å². The second kappa shape index (κ2) is 11.7. The first-order valence-corrected chi connectivity index (χ1v) is 7.61. The summed E-state index contributed by atoms with van der Waals surface area (Å²) >= 11 is 0. The molecule has 0 aromatic carbocycles. The maximum atomic E-state index is 10.4. The fraction of sp³-hybridized carbons (Fsp3) is 0.533. The van der Waals surface area contributed by atoms with E-state index in [-0.39, 0.29) is 36.7 Å². The quantitative estimate of drug-likeness (QED) is 0.184. The molecule has 0 saturated carbocycles. The second-order valence-electron chi connectivity index (χ2n) is 4.91. The molecule has 0 spiro atoms. The Morgan fingerprint density at radius 1 is 1.40 bits per heavy atom. The van der Waals surface area contributed by atoms with E-state index in [0.29, 0.717) is 0 Å². The highest BCUT2D eigenvalue weighted by molar-refractivity contribution is 6.67. The lowest BCUT2D eigenvalue weighted by Crippen LogP contribution is -2.30. The molecule has 0 saturated heterocycles. The molecule has 1 unspecified atom stereocenters. The van der Waals surface area contributed by atoms with Gasteiger partial charge in [-0.05, 0) is 30.5 Å². The minimum absolute atomic E-state index is 0.119. The Balaban J connectivity index is 2.98. The minimum Gasteiger partial charge on any atom is -0.382 e. The Hall–Kier alpha value is -2.77. The SMILES string of the molecule is C\N=C(N)/C(=N\C)C(/N=NC1C=C(C#CCON)CCC1)=N/CN=O. The molecule has 1 atom stereocenters. The van der Waals surface area contributed by atoms with E-state index in [1.807, 2.05) is 6.08 Å². The van der Waals surface area contributed by atoms with E-state index < -0.39 is 0 Å². The van der Waals surface area contributed by atoms with E-state index in [4.69, 9.17) is 11.6 Å². The maximum absolute atomic E-state index is 10.4. The second-order valence-corrected chi connectivity index (χ2v) is 4.91. The van der Waals surface area contributed by atoms with Crippen molar-refractivity contribution in [3.8, 4) is 11.8 Å². The fourth-order valence-corrected chi connectivity index (χ4v) is 2.10. The molecule has 0 bridgehead atoms. The van der Waals surface area contributed by atoms with Crippen LogP contribution in [0.1, 0.15) is 19.3 Å². The molecule has 1 rings (SSSR count). The average molecular weight is 346 g/mol. The molecule has 10 nitrogen and oxygen atoms in total. The lowest BCUT2D eigenvalue weighted by molar-refractivity contribution is 0.173. The highest BCUT2D eigenvalue weighted by atomic mass is 16.6. The number of nitroso groups, excluding NO2 is 1. The molecule has 0 fully saturated rings. The third kappa shape index (κ3) is 7.11. The van der Waals surface area contributed by atoms with Crippen LogP contribution >= 0.6 is 0 Å². The first kappa shape index (κ1) is 20.3. The highest BCUT2D eigenvalue weighted by Crippen LogP contribution is 2.20. The van der Waals surface area contributed by atoms with Crippen molar-refractivity contribution in [2.45, 2.75) is 25.3 Å². The predicted octanol–water partition coefficient (Wildman–Crippen LogP) is 0.991. The topological polar surface area (TPSA) is 152 Å². The number of amidine groups is 2. The van der Waals surface area contributed by atoms with Crippen LogP contribution in [0.25, 0.3) is 0 Å². The summed E-state index contributed by atoms with van der Waals surface area (Å²) in [7, 11) is 3.05. The largest absolute Gasteiger partial charge is 0.382 e. The summed E-state index contributed by atoms with van der Waals surface area (Å²) in [5.41, 5.74) is 6.99. The summed E-state index contributed by atoms with van der Waals surface area (Å²) in [5.74, 6) is 11.0. The van der Waals surface area contributed by atoms with Gasteiger partial charge in [-0.25, -0.2) is 10.9 Å². The van der Waals surface area contributed by atoms with E-state index in [1.165, 1.54) is 14.1 Å². The Morgan fingerprint density at radius 2 is 2.20 bits per heavy atom. The van der Waals surface area contributed by atoms with Crippen molar-refractivity contribution < 1.29 is 4.84 Å². The van der Waals surface area contributed by atoms with Gasteiger partial charge in [0.1, 0.15) is 18.2 Å². The molecule has 0 aliphatic heterocycles. The lowest BCUT2D eigenvalue weighted by Gasteiger charge is -2.14. The first-order valence-electron chi connectivity index (χ1n) is 7.61. The molecule has 0 heterocycles. The van der Waals surface area contributed by atoms with E-state index in [9.17, 15) is 4.91 Å². The van der Waals surface area contributed by atoms with Crippen LogP contribution in [0.15, 0.2) is 42.0 Å². The van der Waals surface area contributed by atoms with Crippen LogP contribution in [0.5, 0.6) is 0 Å². The molecule has 0 aromatic heterocycles. The Morgan fingerprint density at radius 3 is 2.84 bits per heavy atom. The van der Waals surface area contributed by atoms with Gasteiger partial charge in [0.25, 0.3) is 0 Å². The molecular weight excluding hydrogens is 324 g/mol. The van der Waals surface area contributed by atoms with Crippen LogP contribution in [0.2, 0.25) is 0 Å². The van der Waals surface area contributed by atoms with Crippen LogP contribution in [0, 0.1) is 16.7 Å². The van der Waals surface area contributed by atoms with Gasteiger partial charge in [-0.3, -0.25) is 14.8 Å². The molecule has 0 radical (unpaired) electrons. The van der Waals surface area contributed by atoms with Gasteiger partial charge in [0.05, 0.1) is 6.04 Å². The van der Waals surface area contributed by atoms with Crippen molar-refractivity contribution >= 4 is 17.4 Å². The summed E-state index contributed by atoms with van der Waals surface area (Å²) in [6.07, 6.45) is 4.57. The van der Waals surface area contributed by atoms with Crippen LogP contribution in [0.4, 0.5) is 0 Å². The zero-order valence-corrected chi connectivity index (χ0v) is 14.3. The number of azo groups is 1. The number of allylic oxidation sites excluding steroid dienone is 1. The standard InChI is InChI=1S/C15H22N8O2/c1-18-13(14(16)19-2)15(20-10-21-24)23-22-12-7-3-5-11(9-12)6-4-8-25-17/h9,12H,3,5,7-8,10,17H2,1-2H3,(H2,16,19)/b18-13+,20-15-,23-22?. The molecule has 25 heavy (non-hydrogen) atoms. The van der Waals surface area contributed by atoms with Crippen molar-refractivity contribution in [2.75, 3.05) is 27.4 Å². The van der Waals surface area contributed by atoms with Crippen LogP contribution in [0.3, 0.4) is 0 Å². The summed E-state index contributed by atoms with van der Waals surface area (Å²) in [6, 6.07) is -0.149. The lowest BCUT2D eigenvalue weighted by atomic mass is 9.96. The predicted molar refractivity (Wildman–Crippen MR) is 97.5 cm³/mol. The normalized spacial score (nSPS) is 19.4. The van der Waals surface area contributed by atoms with Crippen molar-refractivity contribution in [1.82, 2.24) is 0 Å². The number of nitrogens with two attached hydrogens (primary N) is 2. The van der Waals surface area contributed by atoms with Gasteiger partial charge < -0.3 is 5.73 Å². The van der Waals surface area contributed by atoms with Crippen LogP contribution in [-0.4, -0.2) is 50.8 Å². The molecule has 1 aliphatic carbocycles. The Kier molecular flexibility index (Phi) is 9.50. The summed E-state index contributed by atoms with van der Waals surface area (Å²) in [4.78, 5) is 26.6. The molecule has 0 amide bonds. The summed E-state index contributed by atoms with van der Waals surface area (Å²) in [6.45, 7) is -0.133. The van der Waals surface area contributed by atoms with Gasteiger partial charge in [-0.15, -0.1) is 10.0 Å².